The summed E-state index contributed by atoms with van der Waals surface area (Å²) >= 11 is 0. The number of nitrogens with zero attached hydrogens (tertiary/aromatic N) is 6. The van der Waals surface area contributed by atoms with Crippen molar-refractivity contribution in [3.8, 4) is 0 Å². The summed E-state index contributed by atoms with van der Waals surface area (Å²) in [6.45, 7) is 9.44. The number of ether oxygens (including phenoxy) is 2. The van der Waals surface area contributed by atoms with E-state index in [9.17, 15) is 0 Å². The molecule has 0 radical (unpaired) electrons. The fraction of sp³-hybridized carbons (Fsp3) is 0.762. The van der Waals surface area contributed by atoms with Crippen molar-refractivity contribution in [3.63, 3.8) is 0 Å². The van der Waals surface area contributed by atoms with Gasteiger partial charge >= 0.3 is 0 Å². The van der Waals surface area contributed by atoms with E-state index in [0.29, 0.717) is 0 Å². The first-order valence-electron chi connectivity index (χ1n) is 11.3. The Kier molecular flexibility index (Phi) is 7.71. The highest BCUT2D eigenvalue weighted by Gasteiger charge is 2.32. The molecule has 166 valence electrons. The second kappa shape index (κ2) is 10.9. The first-order chi connectivity index (χ1) is 14.8. The highest BCUT2D eigenvalue weighted by Crippen LogP contribution is 2.21. The molecule has 4 heterocycles. The van der Waals surface area contributed by atoms with E-state index in [0.717, 1.165) is 96.7 Å². The lowest BCUT2D eigenvalue weighted by Crippen LogP contribution is -2.53. The number of guanidine groups is 1. The van der Waals surface area contributed by atoms with Gasteiger partial charge in [0.15, 0.2) is 5.96 Å². The second-order valence-corrected chi connectivity index (χ2v) is 8.11. The summed E-state index contributed by atoms with van der Waals surface area (Å²) in [5.41, 5.74) is 0. The first kappa shape index (κ1) is 21.3. The van der Waals surface area contributed by atoms with Gasteiger partial charge in [-0.05, 0) is 31.9 Å². The number of aliphatic imine (C=N–C) groups is 1. The van der Waals surface area contributed by atoms with E-state index in [1.165, 1.54) is 0 Å². The summed E-state index contributed by atoms with van der Waals surface area (Å²) < 4.78 is 11.8. The molecule has 0 aromatic carbocycles. The highest BCUT2D eigenvalue weighted by molar-refractivity contribution is 5.80. The minimum atomic E-state index is 0.157. The summed E-state index contributed by atoms with van der Waals surface area (Å²) in [7, 11) is 1.86. The summed E-state index contributed by atoms with van der Waals surface area (Å²) in [6.07, 6.45) is 7.37. The van der Waals surface area contributed by atoms with Crippen molar-refractivity contribution in [3.05, 3.63) is 18.5 Å². The molecule has 2 atom stereocenters. The average molecular weight is 418 g/mol. The van der Waals surface area contributed by atoms with Gasteiger partial charge < -0.3 is 24.6 Å². The van der Waals surface area contributed by atoms with Gasteiger partial charge in [0.2, 0.25) is 5.95 Å². The second-order valence-electron chi connectivity index (χ2n) is 8.11. The van der Waals surface area contributed by atoms with E-state index in [-0.39, 0.29) is 12.2 Å². The quantitative estimate of drug-likeness (QED) is 0.406. The molecule has 3 saturated heterocycles. The molecule has 3 fully saturated rings. The minimum absolute atomic E-state index is 0.157. The maximum Gasteiger partial charge on any atom is 0.225 e. The molecule has 9 heteroatoms. The largest absolute Gasteiger partial charge is 0.375 e. The van der Waals surface area contributed by atoms with Gasteiger partial charge in [0, 0.05) is 71.9 Å². The zero-order valence-corrected chi connectivity index (χ0v) is 18.1. The number of aromatic nitrogens is 2. The molecule has 9 nitrogen and oxygen atoms in total. The van der Waals surface area contributed by atoms with Crippen LogP contribution in [0, 0.1) is 0 Å². The Labute approximate surface area is 179 Å². The fourth-order valence-electron chi connectivity index (χ4n) is 4.45. The van der Waals surface area contributed by atoms with Crippen LogP contribution in [0.5, 0.6) is 0 Å². The molecule has 2 unspecified atom stereocenters. The van der Waals surface area contributed by atoms with Gasteiger partial charge in [-0.3, -0.25) is 9.89 Å². The van der Waals surface area contributed by atoms with Crippen LogP contribution in [0.4, 0.5) is 5.95 Å². The number of hydrogen-bond acceptors (Lipinski definition) is 7. The fourth-order valence-corrected chi connectivity index (χ4v) is 4.45. The van der Waals surface area contributed by atoms with Crippen LogP contribution >= 0.6 is 0 Å². The van der Waals surface area contributed by atoms with Crippen molar-refractivity contribution in [1.82, 2.24) is 25.1 Å². The smallest absolute Gasteiger partial charge is 0.225 e. The van der Waals surface area contributed by atoms with Crippen LogP contribution < -0.4 is 10.2 Å². The summed E-state index contributed by atoms with van der Waals surface area (Å²) in [6, 6.07) is 1.86. The van der Waals surface area contributed by atoms with Crippen LogP contribution in [0.15, 0.2) is 23.5 Å². The normalized spacial score (nSPS) is 26.2. The molecule has 0 aliphatic carbocycles. The van der Waals surface area contributed by atoms with Crippen molar-refractivity contribution in [2.75, 3.05) is 77.5 Å². The lowest BCUT2D eigenvalue weighted by molar-refractivity contribution is -0.0816. The molecule has 0 bridgehead atoms. The Bertz CT molecular complexity index is 661. The zero-order valence-electron chi connectivity index (χ0n) is 18.1. The van der Waals surface area contributed by atoms with E-state index >= 15 is 0 Å². The van der Waals surface area contributed by atoms with Crippen molar-refractivity contribution in [2.45, 2.75) is 31.5 Å². The van der Waals surface area contributed by atoms with Gasteiger partial charge in [-0.15, -0.1) is 0 Å². The standard InChI is InChI=1S/C21H35N7O2/c1-22-20(28-14-16-30-19(17-28)18-5-2-15-29-18)23-8-4-9-26-10-12-27(13-11-26)21-24-6-3-7-25-21/h3,6-7,18-19H,2,4-5,8-17H2,1H3,(H,22,23). The predicted molar refractivity (Wildman–Crippen MR) is 117 cm³/mol. The SMILES string of the molecule is CN=C(NCCCN1CCN(c2ncccn2)CC1)N1CCOC(C2CCCO2)C1. The van der Waals surface area contributed by atoms with Crippen molar-refractivity contribution < 1.29 is 9.47 Å². The van der Waals surface area contributed by atoms with Crippen molar-refractivity contribution >= 4 is 11.9 Å². The summed E-state index contributed by atoms with van der Waals surface area (Å²) in [5, 5.41) is 3.55. The number of nitrogens with one attached hydrogen (secondary N) is 1. The maximum atomic E-state index is 5.96. The van der Waals surface area contributed by atoms with Crippen LogP contribution in [0.25, 0.3) is 0 Å². The molecular formula is C21H35N7O2. The van der Waals surface area contributed by atoms with Crippen LogP contribution in [-0.2, 0) is 9.47 Å². The number of rotatable bonds is 6. The number of anilines is 1. The lowest BCUT2D eigenvalue weighted by Gasteiger charge is -2.37. The van der Waals surface area contributed by atoms with Crippen molar-refractivity contribution in [2.24, 2.45) is 4.99 Å². The number of piperazine rings is 1. The molecule has 0 amide bonds. The van der Waals surface area contributed by atoms with E-state index in [2.05, 4.69) is 35.0 Å². The monoisotopic (exact) mass is 417 g/mol. The van der Waals surface area contributed by atoms with Crippen molar-refractivity contribution in [1.29, 1.82) is 0 Å². The molecule has 0 spiro atoms. The van der Waals surface area contributed by atoms with Crippen LogP contribution in [0.3, 0.4) is 0 Å². The summed E-state index contributed by atoms with van der Waals surface area (Å²) in [5.74, 6) is 1.82. The Balaban J connectivity index is 1.14. The molecule has 3 aliphatic rings. The molecule has 0 saturated carbocycles. The average Bonchev–Trinajstić information content (AvgIpc) is 3.35. The molecule has 1 aromatic rings. The van der Waals surface area contributed by atoms with E-state index < -0.39 is 0 Å². The minimum Gasteiger partial charge on any atom is -0.375 e. The summed E-state index contributed by atoms with van der Waals surface area (Å²) in [4.78, 5) is 20.3. The van der Waals surface area contributed by atoms with Crippen LogP contribution in [0.1, 0.15) is 19.3 Å². The van der Waals surface area contributed by atoms with Gasteiger partial charge in [0.1, 0.15) is 6.10 Å². The van der Waals surface area contributed by atoms with E-state index in [1.807, 2.05) is 25.5 Å². The molecule has 1 aromatic heterocycles. The third kappa shape index (κ3) is 5.59. The van der Waals surface area contributed by atoms with Gasteiger partial charge in [-0.25, -0.2) is 9.97 Å². The maximum absolute atomic E-state index is 5.96. The Morgan fingerprint density at radius 1 is 1.10 bits per heavy atom. The molecule has 4 rings (SSSR count). The first-order valence-corrected chi connectivity index (χ1v) is 11.3. The molecular weight excluding hydrogens is 382 g/mol. The number of hydrogen-bond donors (Lipinski definition) is 1. The van der Waals surface area contributed by atoms with Gasteiger partial charge in [0.25, 0.3) is 0 Å². The van der Waals surface area contributed by atoms with Gasteiger partial charge in [-0.1, -0.05) is 0 Å². The Morgan fingerprint density at radius 2 is 1.90 bits per heavy atom. The predicted octanol–water partition coefficient (Wildman–Crippen LogP) is 0.444. The highest BCUT2D eigenvalue weighted by atomic mass is 16.5. The zero-order chi connectivity index (χ0) is 20.6. The van der Waals surface area contributed by atoms with E-state index in [4.69, 9.17) is 9.47 Å². The topological polar surface area (TPSA) is 78.4 Å². The van der Waals surface area contributed by atoms with Gasteiger partial charge in [-0.2, -0.15) is 0 Å². The third-order valence-electron chi connectivity index (χ3n) is 6.13. The van der Waals surface area contributed by atoms with E-state index in [1.54, 1.807) is 0 Å². The Hall–Kier alpha value is -1.97. The third-order valence-corrected chi connectivity index (χ3v) is 6.13. The van der Waals surface area contributed by atoms with Crippen LogP contribution in [-0.4, -0.2) is 111 Å². The lowest BCUT2D eigenvalue weighted by atomic mass is 10.1. The Morgan fingerprint density at radius 3 is 2.63 bits per heavy atom. The number of morpholine rings is 1. The molecule has 1 N–H and O–H groups in total. The molecule has 30 heavy (non-hydrogen) atoms. The van der Waals surface area contributed by atoms with Gasteiger partial charge in [0.05, 0.1) is 12.7 Å². The molecule has 3 aliphatic heterocycles. The van der Waals surface area contributed by atoms with Crippen LogP contribution in [0.2, 0.25) is 0 Å².